The molecule has 0 aliphatic rings. The van der Waals surface area contributed by atoms with Crippen LogP contribution in [0.5, 0.6) is 0 Å². The molecule has 2 amide bonds. The Labute approximate surface area is 101 Å². The number of carbonyl (C=O) groups excluding carboxylic acids is 2. The van der Waals surface area contributed by atoms with Crippen LogP contribution in [0.4, 0.5) is 5.69 Å². The quantitative estimate of drug-likeness (QED) is 0.760. The normalized spacial score (nSPS) is 11.6. The Morgan fingerprint density at radius 3 is 2.47 bits per heavy atom. The van der Waals surface area contributed by atoms with Gasteiger partial charge in [-0.3, -0.25) is 9.59 Å². The zero-order chi connectivity index (χ0) is 12.8. The maximum atomic E-state index is 11.6. The molecule has 3 N–H and O–H groups in total. The van der Waals surface area contributed by atoms with E-state index in [0.717, 1.165) is 5.69 Å². The predicted molar refractivity (Wildman–Crippen MR) is 66.5 cm³/mol. The van der Waals surface area contributed by atoms with Gasteiger partial charge < -0.3 is 16.0 Å². The number of hydrogen-bond donors (Lipinski definition) is 2. The number of likely N-dealkylation sites (N-methyl/N-ethyl adjacent to an activating group) is 1. The van der Waals surface area contributed by atoms with Crippen LogP contribution in [0.25, 0.3) is 0 Å². The molecule has 0 heterocycles. The average Bonchev–Trinajstić information content (AvgIpc) is 2.29. The molecule has 1 rings (SSSR count). The van der Waals surface area contributed by atoms with E-state index in [-0.39, 0.29) is 12.5 Å². The number of para-hydroxylation sites is 1. The highest BCUT2D eigenvalue weighted by molar-refractivity contribution is 5.88. The Balaban J connectivity index is 2.49. The topological polar surface area (TPSA) is 75.4 Å². The van der Waals surface area contributed by atoms with Gasteiger partial charge in [0.1, 0.15) is 6.04 Å². The summed E-state index contributed by atoms with van der Waals surface area (Å²) in [6.45, 7) is 1.74. The van der Waals surface area contributed by atoms with Gasteiger partial charge in [-0.05, 0) is 19.1 Å². The summed E-state index contributed by atoms with van der Waals surface area (Å²) in [6.07, 6.45) is 0. The van der Waals surface area contributed by atoms with Gasteiger partial charge >= 0.3 is 0 Å². The first kappa shape index (κ1) is 13.0. The molecule has 0 saturated carbocycles. The minimum atomic E-state index is -0.647. The summed E-state index contributed by atoms with van der Waals surface area (Å²) in [5.74, 6) is -0.775. The minimum absolute atomic E-state index is 0.182. The summed E-state index contributed by atoms with van der Waals surface area (Å²) in [6, 6.07) is 8.87. The second-order valence-electron chi connectivity index (χ2n) is 3.88. The molecule has 0 aliphatic carbocycles. The standard InChI is InChI=1S/C12H17N3O2/c1-9(12(13)17)14-11(16)8-15(2)10-6-4-3-5-7-10/h3-7,9H,8H2,1-2H3,(H2,13,17)(H,14,16)/t9-/m0/s1. The molecule has 5 heteroatoms. The number of rotatable bonds is 5. The molecule has 1 aromatic carbocycles. The van der Waals surface area contributed by atoms with Crippen LogP contribution in [0.2, 0.25) is 0 Å². The van der Waals surface area contributed by atoms with Crippen molar-refractivity contribution in [1.82, 2.24) is 5.32 Å². The molecule has 5 nitrogen and oxygen atoms in total. The Morgan fingerprint density at radius 2 is 1.94 bits per heavy atom. The molecule has 92 valence electrons. The lowest BCUT2D eigenvalue weighted by Crippen LogP contribution is -2.45. The Hall–Kier alpha value is -2.04. The van der Waals surface area contributed by atoms with Crippen LogP contribution >= 0.6 is 0 Å². The molecule has 1 aromatic rings. The van der Waals surface area contributed by atoms with Crippen molar-refractivity contribution < 1.29 is 9.59 Å². The van der Waals surface area contributed by atoms with E-state index in [2.05, 4.69) is 5.32 Å². The lowest BCUT2D eigenvalue weighted by atomic mass is 10.3. The first-order valence-electron chi connectivity index (χ1n) is 5.35. The van der Waals surface area contributed by atoms with Gasteiger partial charge in [0, 0.05) is 12.7 Å². The van der Waals surface area contributed by atoms with Crippen molar-refractivity contribution in [2.75, 3.05) is 18.5 Å². The van der Waals surface area contributed by atoms with Gasteiger partial charge in [-0.1, -0.05) is 18.2 Å². The van der Waals surface area contributed by atoms with Crippen LogP contribution < -0.4 is 16.0 Å². The summed E-state index contributed by atoms with van der Waals surface area (Å²) in [4.78, 5) is 24.2. The number of nitrogens with two attached hydrogens (primary N) is 1. The summed E-state index contributed by atoms with van der Waals surface area (Å²) in [5, 5.41) is 2.52. The monoisotopic (exact) mass is 235 g/mol. The van der Waals surface area contributed by atoms with Crippen LogP contribution in [0, 0.1) is 0 Å². The number of hydrogen-bond acceptors (Lipinski definition) is 3. The van der Waals surface area contributed by atoms with Crippen molar-refractivity contribution in [3.05, 3.63) is 30.3 Å². The molecule has 0 aliphatic heterocycles. The number of primary amides is 1. The molecule has 0 fully saturated rings. The van der Waals surface area contributed by atoms with Crippen LogP contribution in [-0.4, -0.2) is 31.4 Å². The van der Waals surface area contributed by atoms with Gasteiger partial charge in [0.05, 0.1) is 6.54 Å². The van der Waals surface area contributed by atoms with E-state index in [1.54, 1.807) is 11.8 Å². The largest absolute Gasteiger partial charge is 0.368 e. The van der Waals surface area contributed by atoms with Crippen LogP contribution in [0.3, 0.4) is 0 Å². The first-order chi connectivity index (χ1) is 8.00. The fraction of sp³-hybridized carbons (Fsp3) is 0.333. The fourth-order valence-corrected chi connectivity index (χ4v) is 1.35. The van der Waals surface area contributed by atoms with Gasteiger partial charge in [0.2, 0.25) is 11.8 Å². The lowest BCUT2D eigenvalue weighted by Gasteiger charge is -2.19. The SMILES string of the molecule is C[C@H](NC(=O)CN(C)c1ccccc1)C(N)=O. The van der Waals surface area contributed by atoms with Crippen molar-refractivity contribution in [3.63, 3.8) is 0 Å². The van der Waals surface area contributed by atoms with Crippen LogP contribution in [-0.2, 0) is 9.59 Å². The van der Waals surface area contributed by atoms with Gasteiger partial charge in [-0.15, -0.1) is 0 Å². The number of nitrogens with one attached hydrogen (secondary N) is 1. The Bertz CT molecular complexity index is 392. The van der Waals surface area contributed by atoms with Gasteiger partial charge in [0.25, 0.3) is 0 Å². The van der Waals surface area contributed by atoms with E-state index >= 15 is 0 Å². The van der Waals surface area contributed by atoms with E-state index < -0.39 is 11.9 Å². The van der Waals surface area contributed by atoms with Crippen LogP contribution in [0.1, 0.15) is 6.92 Å². The third-order valence-corrected chi connectivity index (χ3v) is 2.38. The molecule has 0 spiro atoms. The zero-order valence-electron chi connectivity index (χ0n) is 10.0. The summed E-state index contributed by atoms with van der Waals surface area (Å²) in [7, 11) is 1.81. The number of carbonyl (C=O) groups is 2. The molecule has 1 atom stereocenters. The highest BCUT2D eigenvalue weighted by Crippen LogP contribution is 2.09. The van der Waals surface area contributed by atoms with Gasteiger partial charge in [0.15, 0.2) is 0 Å². The Morgan fingerprint density at radius 1 is 1.35 bits per heavy atom. The molecule has 0 bridgehead atoms. The third-order valence-electron chi connectivity index (χ3n) is 2.38. The highest BCUT2D eigenvalue weighted by atomic mass is 16.2. The van der Waals surface area contributed by atoms with Gasteiger partial charge in [-0.25, -0.2) is 0 Å². The van der Waals surface area contributed by atoms with Gasteiger partial charge in [-0.2, -0.15) is 0 Å². The zero-order valence-corrected chi connectivity index (χ0v) is 10.0. The number of amides is 2. The summed E-state index contributed by atoms with van der Waals surface area (Å²) >= 11 is 0. The van der Waals surface area contributed by atoms with Crippen molar-refractivity contribution in [1.29, 1.82) is 0 Å². The van der Waals surface area contributed by atoms with E-state index in [9.17, 15) is 9.59 Å². The summed E-state index contributed by atoms with van der Waals surface area (Å²) in [5.41, 5.74) is 6.00. The van der Waals surface area contributed by atoms with E-state index in [4.69, 9.17) is 5.73 Å². The van der Waals surface area contributed by atoms with Crippen molar-refractivity contribution in [2.45, 2.75) is 13.0 Å². The summed E-state index contributed by atoms with van der Waals surface area (Å²) < 4.78 is 0. The molecular formula is C12H17N3O2. The Kier molecular flexibility index (Phi) is 4.51. The maximum absolute atomic E-state index is 11.6. The molecule has 0 radical (unpaired) electrons. The predicted octanol–water partition coefficient (Wildman–Crippen LogP) is 0.113. The van der Waals surface area contributed by atoms with Crippen molar-refractivity contribution in [2.24, 2.45) is 5.73 Å². The highest BCUT2D eigenvalue weighted by Gasteiger charge is 2.13. The maximum Gasteiger partial charge on any atom is 0.240 e. The average molecular weight is 235 g/mol. The van der Waals surface area contributed by atoms with Crippen LogP contribution in [0.15, 0.2) is 30.3 Å². The second-order valence-corrected chi connectivity index (χ2v) is 3.88. The van der Waals surface area contributed by atoms with E-state index in [0.29, 0.717) is 0 Å². The van der Waals surface area contributed by atoms with Crippen molar-refractivity contribution in [3.8, 4) is 0 Å². The fourth-order valence-electron chi connectivity index (χ4n) is 1.35. The van der Waals surface area contributed by atoms with Crippen molar-refractivity contribution >= 4 is 17.5 Å². The van der Waals surface area contributed by atoms with E-state index in [1.165, 1.54) is 0 Å². The number of anilines is 1. The molecule has 0 saturated heterocycles. The molecule has 0 unspecified atom stereocenters. The van der Waals surface area contributed by atoms with E-state index in [1.807, 2.05) is 37.4 Å². The second kappa shape index (κ2) is 5.89. The number of nitrogens with zero attached hydrogens (tertiary/aromatic N) is 1. The first-order valence-corrected chi connectivity index (χ1v) is 5.35. The molecular weight excluding hydrogens is 218 g/mol. The minimum Gasteiger partial charge on any atom is -0.368 e. The molecule has 0 aromatic heterocycles. The number of benzene rings is 1. The third kappa shape index (κ3) is 4.14. The lowest BCUT2D eigenvalue weighted by molar-refractivity contribution is -0.126. The smallest absolute Gasteiger partial charge is 0.240 e. The molecule has 17 heavy (non-hydrogen) atoms.